The molecule has 7 heteroatoms. The van der Waals surface area contributed by atoms with Crippen molar-refractivity contribution in [2.45, 2.75) is 80.9 Å². The molecule has 4 fully saturated rings. The van der Waals surface area contributed by atoms with Crippen molar-refractivity contribution in [3.8, 4) is 0 Å². The van der Waals surface area contributed by atoms with Crippen molar-refractivity contribution in [1.29, 1.82) is 0 Å². The Hall–Kier alpha value is -2.60. The molecule has 2 saturated carbocycles. The first-order valence-corrected chi connectivity index (χ1v) is 12.8. The van der Waals surface area contributed by atoms with Gasteiger partial charge in [0, 0.05) is 34.8 Å². The Labute approximate surface area is 204 Å². The van der Waals surface area contributed by atoms with E-state index in [-0.39, 0.29) is 41.8 Å². The first-order valence-electron chi connectivity index (χ1n) is 12.4. The number of carbonyl (C=O) groups is 2. The van der Waals surface area contributed by atoms with E-state index in [9.17, 15) is 9.59 Å². The third-order valence-electron chi connectivity index (χ3n) is 8.05. The lowest BCUT2D eigenvalue weighted by molar-refractivity contribution is -0.124. The van der Waals surface area contributed by atoms with Crippen LogP contribution in [0.3, 0.4) is 0 Å². The Morgan fingerprint density at radius 1 is 0.912 bits per heavy atom. The highest BCUT2D eigenvalue weighted by Crippen LogP contribution is 2.49. The van der Waals surface area contributed by atoms with Gasteiger partial charge in [-0.05, 0) is 87.3 Å². The van der Waals surface area contributed by atoms with Crippen molar-refractivity contribution in [2.24, 2.45) is 0 Å². The monoisotopic (exact) mass is 481 g/mol. The zero-order valence-electron chi connectivity index (χ0n) is 19.0. The number of benzene rings is 2. The molecule has 2 saturated heterocycles. The molecule has 2 aromatic carbocycles. The zero-order valence-corrected chi connectivity index (χ0v) is 19.8. The smallest absolute Gasteiger partial charge is 0.251 e. The number of nitrogens with zero attached hydrogens (tertiary/aromatic N) is 1. The minimum Gasteiger partial charge on any atom is -0.363 e. The number of piperidine rings is 1. The van der Waals surface area contributed by atoms with Gasteiger partial charge in [0.25, 0.3) is 5.91 Å². The number of carbonyl (C=O) groups excluding carboxylic acids is 2. The molecule has 2 aliphatic carbocycles. The van der Waals surface area contributed by atoms with Crippen molar-refractivity contribution >= 4 is 29.1 Å². The Balaban J connectivity index is 1.13. The van der Waals surface area contributed by atoms with Gasteiger partial charge >= 0.3 is 0 Å². The largest absolute Gasteiger partial charge is 0.363 e. The van der Waals surface area contributed by atoms with E-state index in [2.05, 4.69) is 15.5 Å². The van der Waals surface area contributed by atoms with Crippen LogP contribution in [-0.4, -0.2) is 36.0 Å². The van der Waals surface area contributed by atoms with Crippen LogP contribution in [0.25, 0.3) is 0 Å². The second kappa shape index (κ2) is 8.26. The van der Waals surface area contributed by atoms with Gasteiger partial charge in [-0.1, -0.05) is 23.7 Å². The maximum atomic E-state index is 15.1. The molecule has 2 atom stereocenters. The summed E-state index contributed by atoms with van der Waals surface area (Å²) < 4.78 is 15.1. The van der Waals surface area contributed by atoms with Crippen LogP contribution in [0.4, 0.5) is 10.1 Å². The topological polar surface area (TPSA) is 61.4 Å². The van der Waals surface area contributed by atoms with Crippen LogP contribution in [0.15, 0.2) is 42.5 Å². The van der Waals surface area contributed by atoms with Crippen LogP contribution in [0.1, 0.15) is 67.3 Å². The summed E-state index contributed by atoms with van der Waals surface area (Å²) in [5.41, 5.74) is 1.55. The second-order valence-corrected chi connectivity index (χ2v) is 10.9. The maximum absolute atomic E-state index is 15.1. The minimum atomic E-state index is -0.427. The van der Waals surface area contributed by atoms with Gasteiger partial charge in [0.2, 0.25) is 5.91 Å². The lowest BCUT2D eigenvalue weighted by Crippen LogP contribution is -2.52. The fraction of sp³-hybridized carbons (Fsp3) is 0.481. The first-order chi connectivity index (χ1) is 16.4. The van der Waals surface area contributed by atoms with E-state index in [0.717, 1.165) is 56.9 Å². The molecule has 2 heterocycles. The summed E-state index contributed by atoms with van der Waals surface area (Å²) in [5.74, 6) is -0.445. The summed E-state index contributed by atoms with van der Waals surface area (Å²) >= 11 is 6.03. The van der Waals surface area contributed by atoms with E-state index >= 15 is 4.39 Å². The van der Waals surface area contributed by atoms with E-state index in [4.69, 9.17) is 11.6 Å². The number of anilines is 1. The number of rotatable bonds is 6. The minimum absolute atomic E-state index is 0.0951. The molecular formula is C27H29ClFN3O2. The van der Waals surface area contributed by atoms with E-state index in [0.29, 0.717) is 16.3 Å². The molecule has 0 aromatic heterocycles. The van der Waals surface area contributed by atoms with E-state index in [1.54, 1.807) is 12.1 Å². The number of hydrogen-bond acceptors (Lipinski definition) is 3. The molecule has 2 unspecified atom stereocenters. The van der Waals surface area contributed by atoms with Gasteiger partial charge in [-0.2, -0.15) is 0 Å². The average molecular weight is 482 g/mol. The molecule has 2 amide bonds. The molecule has 0 radical (unpaired) electrons. The van der Waals surface area contributed by atoms with Gasteiger partial charge < -0.3 is 15.5 Å². The van der Waals surface area contributed by atoms with E-state index < -0.39 is 5.41 Å². The molecule has 0 spiro atoms. The summed E-state index contributed by atoms with van der Waals surface area (Å²) in [5, 5.41) is 6.91. The standard InChI is InChI=1S/C27H29ClFN3O2/c28-18-4-2-17(3-5-18)27(11-12-27)26(34)31-20-14-21-8-9-22(15-20)32(21)24-10-1-16(13-23(24)29)25(33)30-19-6-7-19/h1-5,10,13,19-22H,6-9,11-12,14-15H2,(H,30,33)(H,31,34). The molecular weight excluding hydrogens is 453 g/mol. The molecule has 2 N–H and O–H groups in total. The molecule has 5 nitrogen and oxygen atoms in total. The first kappa shape index (κ1) is 21.9. The van der Waals surface area contributed by atoms with Crippen LogP contribution in [0, 0.1) is 5.82 Å². The lowest BCUT2D eigenvalue weighted by Gasteiger charge is -2.41. The van der Waals surface area contributed by atoms with Crippen molar-refractivity contribution in [3.63, 3.8) is 0 Å². The number of hydrogen-bond donors (Lipinski definition) is 2. The predicted molar refractivity (Wildman–Crippen MR) is 130 cm³/mol. The molecule has 6 rings (SSSR count). The van der Waals surface area contributed by atoms with Gasteiger partial charge in [-0.3, -0.25) is 9.59 Å². The van der Waals surface area contributed by atoms with Gasteiger partial charge in [0.05, 0.1) is 11.1 Å². The van der Waals surface area contributed by atoms with E-state index in [1.807, 2.05) is 24.3 Å². The Morgan fingerprint density at radius 3 is 2.18 bits per heavy atom. The Morgan fingerprint density at radius 2 is 1.59 bits per heavy atom. The van der Waals surface area contributed by atoms with Crippen molar-refractivity contribution in [1.82, 2.24) is 10.6 Å². The molecule has 34 heavy (non-hydrogen) atoms. The summed E-state index contributed by atoms with van der Waals surface area (Å²) in [6.07, 6.45) is 7.32. The fourth-order valence-corrected chi connectivity index (χ4v) is 6.03. The SMILES string of the molecule is O=C(NC1CC1)c1ccc(N2C3CCC2CC(NC(=O)C2(c4ccc(Cl)cc4)CC2)C3)c(F)c1. The lowest BCUT2D eigenvalue weighted by atomic mass is 9.92. The highest BCUT2D eigenvalue weighted by atomic mass is 35.5. The second-order valence-electron chi connectivity index (χ2n) is 10.4. The summed E-state index contributed by atoms with van der Waals surface area (Å²) in [4.78, 5) is 27.7. The quantitative estimate of drug-likeness (QED) is 0.627. The van der Waals surface area contributed by atoms with Crippen molar-refractivity contribution < 1.29 is 14.0 Å². The Kier molecular flexibility index (Phi) is 5.32. The van der Waals surface area contributed by atoms with Crippen LogP contribution in [-0.2, 0) is 10.2 Å². The van der Waals surface area contributed by atoms with Gasteiger partial charge in [0.1, 0.15) is 5.82 Å². The molecule has 178 valence electrons. The number of halogens is 2. The maximum Gasteiger partial charge on any atom is 0.251 e. The summed E-state index contributed by atoms with van der Waals surface area (Å²) in [7, 11) is 0. The molecule has 2 aliphatic heterocycles. The van der Waals surface area contributed by atoms with Gasteiger partial charge in [0.15, 0.2) is 0 Å². The normalized spacial score (nSPS) is 26.8. The zero-order chi connectivity index (χ0) is 23.4. The predicted octanol–water partition coefficient (Wildman–Crippen LogP) is 4.72. The Bertz CT molecular complexity index is 1120. The van der Waals surface area contributed by atoms with E-state index in [1.165, 1.54) is 6.07 Å². The van der Waals surface area contributed by atoms with Crippen molar-refractivity contribution in [2.75, 3.05) is 4.90 Å². The number of nitrogens with one attached hydrogen (secondary N) is 2. The fourth-order valence-electron chi connectivity index (χ4n) is 5.91. The molecule has 2 aromatic rings. The summed E-state index contributed by atoms with van der Waals surface area (Å²) in [6.45, 7) is 0. The third-order valence-corrected chi connectivity index (χ3v) is 8.30. The van der Waals surface area contributed by atoms with Crippen LogP contribution < -0.4 is 15.5 Å². The van der Waals surface area contributed by atoms with Crippen LogP contribution in [0.5, 0.6) is 0 Å². The number of fused-ring (bicyclic) bond motifs is 2. The van der Waals surface area contributed by atoms with Gasteiger partial charge in [-0.25, -0.2) is 4.39 Å². The van der Waals surface area contributed by atoms with Crippen LogP contribution in [0.2, 0.25) is 5.02 Å². The van der Waals surface area contributed by atoms with Crippen molar-refractivity contribution in [3.05, 3.63) is 64.4 Å². The average Bonchev–Trinajstić information content (AvgIpc) is 3.73. The highest BCUT2D eigenvalue weighted by molar-refractivity contribution is 6.30. The third kappa shape index (κ3) is 3.96. The molecule has 2 bridgehead atoms. The molecule has 4 aliphatic rings. The highest BCUT2D eigenvalue weighted by Gasteiger charge is 2.52. The van der Waals surface area contributed by atoms with Crippen LogP contribution >= 0.6 is 11.6 Å². The van der Waals surface area contributed by atoms with Gasteiger partial charge in [-0.15, -0.1) is 0 Å². The summed E-state index contributed by atoms with van der Waals surface area (Å²) in [6, 6.07) is 13.2. The number of amides is 2.